The van der Waals surface area contributed by atoms with Crippen LogP contribution >= 0.6 is 11.3 Å². The Labute approximate surface area is 158 Å². The summed E-state index contributed by atoms with van der Waals surface area (Å²) < 4.78 is 1.80. The van der Waals surface area contributed by atoms with Crippen LogP contribution in [0.25, 0.3) is 0 Å². The third kappa shape index (κ3) is 4.16. The van der Waals surface area contributed by atoms with Gasteiger partial charge in [0.1, 0.15) is 5.69 Å². The molecule has 26 heavy (non-hydrogen) atoms. The highest BCUT2D eigenvalue weighted by Gasteiger charge is 2.37. The molecule has 0 aliphatic carbocycles. The van der Waals surface area contributed by atoms with E-state index >= 15 is 0 Å². The van der Waals surface area contributed by atoms with Crippen LogP contribution in [0, 0.1) is 6.92 Å². The monoisotopic (exact) mass is 374 g/mol. The number of aromatic nitrogens is 1. The fraction of sp³-hybridized carbons (Fsp3) is 0.474. The summed E-state index contributed by atoms with van der Waals surface area (Å²) >= 11 is 1.75. The van der Waals surface area contributed by atoms with Gasteiger partial charge in [-0.15, -0.1) is 11.3 Å². The molecule has 2 atom stereocenters. The maximum Gasteiger partial charge on any atom is 0.268 e. The lowest BCUT2D eigenvalue weighted by molar-refractivity contribution is -0.125. The summed E-state index contributed by atoms with van der Waals surface area (Å²) in [6.45, 7) is 6.03. The molecule has 6 nitrogen and oxygen atoms in total. The Kier molecular flexibility index (Phi) is 5.78. The smallest absolute Gasteiger partial charge is 0.268 e. The molecular formula is C19H26N4O2S. The quantitative estimate of drug-likeness (QED) is 0.812. The SMILES string of the molecule is CCNC(=O)[C@@H]1C[C@H](NC(=O)c2cccn2C)CN1Cc1ccc(C)s1. The van der Waals surface area contributed by atoms with Crippen molar-refractivity contribution in [2.75, 3.05) is 13.1 Å². The van der Waals surface area contributed by atoms with E-state index in [4.69, 9.17) is 0 Å². The van der Waals surface area contributed by atoms with Gasteiger partial charge in [0, 0.05) is 48.7 Å². The predicted molar refractivity (Wildman–Crippen MR) is 103 cm³/mol. The van der Waals surface area contributed by atoms with Gasteiger partial charge in [-0.2, -0.15) is 0 Å². The molecule has 2 N–H and O–H groups in total. The zero-order valence-electron chi connectivity index (χ0n) is 15.5. The van der Waals surface area contributed by atoms with Crippen LogP contribution in [0.15, 0.2) is 30.5 Å². The minimum atomic E-state index is -0.212. The number of nitrogens with one attached hydrogen (secondary N) is 2. The minimum Gasteiger partial charge on any atom is -0.355 e. The van der Waals surface area contributed by atoms with Gasteiger partial charge in [0.25, 0.3) is 5.91 Å². The number of likely N-dealkylation sites (tertiary alicyclic amines) is 1. The third-order valence-corrected chi connectivity index (χ3v) is 5.71. The number of nitrogens with zero attached hydrogens (tertiary/aromatic N) is 2. The average Bonchev–Trinajstić information content (AvgIpc) is 3.29. The lowest BCUT2D eigenvalue weighted by Crippen LogP contribution is -2.42. The van der Waals surface area contributed by atoms with Gasteiger partial charge in [-0.25, -0.2) is 0 Å². The molecule has 1 aliphatic rings. The standard InChI is InChI=1S/C19H26N4O2S/c1-4-20-18(24)17-10-14(21-19(25)16-6-5-9-22(16)3)11-23(17)12-15-8-7-13(2)26-15/h5-9,14,17H,4,10-12H2,1-3H3,(H,20,24)(H,21,25)/t14-,17-/m0/s1. The number of thiophene rings is 1. The Morgan fingerprint density at radius 1 is 1.31 bits per heavy atom. The van der Waals surface area contributed by atoms with Crippen molar-refractivity contribution in [1.82, 2.24) is 20.1 Å². The predicted octanol–water partition coefficient (Wildman–Crippen LogP) is 1.90. The molecule has 0 radical (unpaired) electrons. The molecule has 0 unspecified atom stereocenters. The molecule has 1 fully saturated rings. The van der Waals surface area contributed by atoms with E-state index in [1.165, 1.54) is 9.75 Å². The number of carbonyl (C=O) groups is 2. The van der Waals surface area contributed by atoms with Crippen LogP contribution < -0.4 is 10.6 Å². The Bertz CT molecular complexity index is 782. The van der Waals surface area contributed by atoms with Crippen molar-refractivity contribution < 1.29 is 9.59 Å². The van der Waals surface area contributed by atoms with Crippen LogP contribution in [-0.2, 0) is 18.4 Å². The molecule has 0 saturated carbocycles. The highest BCUT2D eigenvalue weighted by Crippen LogP contribution is 2.24. The first-order chi connectivity index (χ1) is 12.5. The second kappa shape index (κ2) is 8.05. The molecule has 0 spiro atoms. The molecule has 3 heterocycles. The van der Waals surface area contributed by atoms with Crippen molar-refractivity contribution in [2.45, 2.75) is 38.9 Å². The zero-order chi connectivity index (χ0) is 18.7. The van der Waals surface area contributed by atoms with Gasteiger partial charge in [0.2, 0.25) is 5.91 Å². The van der Waals surface area contributed by atoms with Crippen LogP contribution in [0.5, 0.6) is 0 Å². The van der Waals surface area contributed by atoms with Crippen LogP contribution in [0.1, 0.15) is 33.6 Å². The topological polar surface area (TPSA) is 66.4 Å². The first-order valence-electron chi connectivity index (χ1n) is 8.97. The van der Waals surface area contributed by atoms with Crippen molar-refractivity contribution >= 4 is 23.2 Å². The van der Waals surface area contributed by atoms with Gasteiger partial charge in [-0.3, -0.25) is 14.5 Å². The molecular weight excluding hydrogens is 348 g/mol. The Hall–Kier alpha value is -2.12. The molecule has 1 aliphatic heterocycles. The van der Waals surface area contributed by atoms with Gasteiger partial charge in [-0.05, 0) is 44.5 Å². The lowest BCUT2D eigenvalue weighted by Gasteiger charge is -2.22. The van der Waals surface area contributed by atoms with Crippen LogP contribution in [0.2, 0.25) is 0 Å². The van der Waals surface area contributed by atoms with Gasteiger partial charge >= 0.3 is 0 Å². The number of carbonyl (C=O) groups excluding carboxylic acids is 2. The summed E-state index contributed by atoms with van der Waals surface area (Å²) in [6.07, 6.45) is 2.48. The van der Waals surface area contributed by atoms with E-state index in [0.29, 0.717) is 25.2 Å². The molecule has 7 heteroatoms. The number of hydrogen-bond donors (Lipinski definition) is 2. The maximum absolute atomic E-state index is 12.5. The fourth-order valence-corrected chi connectivity index (χ4v) is 4.39. The largest absolute Gasteiger partial charge is 0.355 e. The summed E-state index contributed by atoms with van der Waals surface area (Å²) in [6, 6.07) is 7.63. The Balaban J connectivity index is 1.69. The molecule has 140 valence electrons. The highest BCUT2D eigenvalue weighted by atomic mass is 32.1. The first-order valence-corrected chi connectivity index (χ1v) is 9.79. The summed E-state index contributed by atoms with van der Waals surface area (Å²) in [4.78, 5) is 29.7. The highest BCUT2D eigenvalue weighted by molar-refractivity contribution is 7.11. The van der Waals surface area contributed by atoms with E-state index in [-0.39, 0.29) is 23.9 Å². The minimum absolute atomic E-state index is 0.0361. The van der Waals surface area contributed by atoms with E-state index in [9.17, 15) is 9.59 Å². The summed E-state index contributed by atoms with van der Waals surface area (Å²) in [7, 11) is 1.85. The van der Waals surface area contributed by atoms with Gasteiger partial charge in [-0.1, -0.05) is 0 Å². The van der Waals surface area contributed by atoms with Crippen molar-refractivity contribution in [2.24, 2.45) is 7.05 Å². The number of hydrogen-bond acceptors (Lipinski definition) is 4. The lowest BCUT2D eigenvalue weighted by atomic mass is 10.1. The van der Waals surface area contributed by atoms with Gasteiger partial charge < -0.3 is 15.2 Å². The van der Waals surface area contributed by atoms with E-state index in [2.05, 4.69) is 34.6 Å². The van der Waals surface area contributed by atoms with Gasteiger partial charge in [0.05, 0.1) is 6.04 Å². The van der Waals surface area contributed by atoms with Crippen LogP contribution in [0.3, 0.4) is 0 Å². The molecule has 0 aromatic carbocycles. The third-order valence-electron chi connectivity index (χ3n) is 4.72. The molecule has 3 rings (SSSR count). The average molecular weight is 375 g/mol. The molecule has 0 bridgehead atoms. The zero-order valence-corrected chi connectivity index (χ0v) is 16.3. The normalized spacial score (nSPS) is 20.3. The van der Waals surface area contributed by atoms with E-state index in [1.807, 2.05) is 26.2 Å². The first kappa shape index (κ1) is 18.7. The van der Waals surface area contributed by atoms with E-state index in [1.54, 1.807) is 22.0 Å². The van der Waals surface area contributed by atoms with Crippen molar-refractivity contribution in [3.05, 3.63) is 45.9 Å². The summed E-state index contributed by atoms with van der Waals surface area (Å²) in [5.41, 5.74) is 0.631. The van der Waals surface area contributed by atoms with Crippen molar-refractivity contribution in [1.29, 1.82) is 0 Å². The summed E-state index contributed by atoms with van der Waals surface area (Å²) in [5, 5.41) is 6.02. The molecule has 1 saturated heterocycles. The molecule has 2 aromatic rings. The van der Waals surface area contributed by atoms with Crippen molar-refractivity contribution in [3.63, 3.8) is 0 Å². The van der Waals surface area contributed by atoms with Crippen molar-refractivity contribution in [3.8, 4) is 0 Å². The molecule has 2 amide bonds. The van der Waals surface area contributed by atoms with E-state index in [0.717, 1.165) is 6.54 Å². The second-order valence-electron chi connectivity index (χ2n) is 6.76. The number of rotatable bonds is 6. The maximum atomic E-state index is 12.5. The second-order valence-corrected chi connectivity index (χ2v) is 8.14. The fourth-order valence-electron chi connectivity index (χ4n) is 3.47. The number of likely N-dealkylation sites (N-methyl/N-ethyl adjacent to an activating group) is 1. The Morgan fingerprint density at radius 3 is 2.73 bits per heavy atom. The Morgan fingerprint density at radius 2 is 2.12 bits per heavy atom. The summed E-state index contributed by atoms with van der Waals surface area (Å²) in [5.74, 6) is -0.0534. The number of amides is 2. The number of aryl methyl sites for hydroxylation is 2. The van der Waals surface area contributed by atoms with Crippen LogP contribution in [0.4, 0.5) is 0 Å². The molecule has 2 aromatic heterocycles. The van der Waals surface area contributed by atoms with Crippen LogP contribution in [-0.4, -0.2) is 46.5 Å². The van der Waals surface area contributed by atoms with Gasteiger partial charge in [0.15, 0.2) is 0 Å². The van der Waals surface area contributed by atoms with E-state index < -0.39 is 0 Å².